The number of aromatic nitrogens is 2. The van der Waals surface area contributed by atoms with E-state index in [1.807, 2.05) is 0 Å². The number of nitrogens with zero attached hydrogens (tertiary/aromatic N) is 2. The molecule has 0 fully saturated rings. The Balaban J connectivity index is 1.06. The molecule has 2 aromatic heterocycles. The molecular weight excluding hydrogens is 717 g/mol. The van der Waals surface area contributed by atoms with E-state index >= 15 is 0 Å². The first-order valence-corrected chi connectivity index (χ1v) is 22.4. The SMILES string of the molecule is c1ccc2c(c1)Cc1c-2cccc1-n1c2ccccc2c2cc3c(cc21)c1ccccc1n3-c1ccc2c(c1)[Si]1(c3ccccc3-c3ccccc31)c1ccccc1-2. The molecule has 0 amide bonds. The molecule has 2 nitrogen and oxygen atoms in total. The Kier molecular flexibility index (Phi) is 5.87. The van der Waals surface area contributed by atoms with Gasteiger partial charge in [0.15, 0.2) is 8.07 Å². The van der Waals surface area contributed by atoms with E-state index in [1.165, 1.54) is 120 Å². The fourth-order valence-corrected chi connectivity index (χ4v) is 17.2. The smallest absolute Gasteiger partial charge is 0.182 e. The molecule has 4 heterocycles. The van der Waals surface area contributed by atoms with Gasteiger partial charge in [0.2, 0.25) is 0 Å². The highest BCUT2D eigenvalue weighted by molar-refractivity contribution is 7.24. The second kappa shape index (κ2) is 11.0. The second-order valence-corrected chi connectivity index (χ2v) is 20.0. The maximum atomic E-state index is 2.57. The molecule has 58 heavy (non-hydrogen) atoms. The highest BCUT2D eigenvalue weighted by atomic mass is 28.3. The summed E-state index contributed by atoms with van der Waals surface area (Å²) in [5.74, 6) is 0. The molecule has 0 saturated carbocycles. The average Bonchev–Trinajstić information content (AvgIpc) is 4.06. The third kappa shape index (κ3) is 3.69. The lowest BCUT2D eigenvalue weighted by atomic mass is 10.0. The first-order valence-electron chi connectivity index (χ1n) is 20.4. The maximum absolute atomic E-state index is 2.59. The lowest BCUT2D eigenvalue weighted by molar-refractivity contribution is 1.12. The number of para-hydroxylation sites is 2. The summed E-state index contributed by atoms with van der Waals surface area (Å²) < 4.78 is 5.09. The zero-order valence-corrected chi connectivity index (χ0v) is 32.6. The summed E-state index contributed by atoms with van der Waals surface area (Å²) in [7, 11) is -2.59. The van der Waals surface area contributed by atoms with Gasteiger partial charge in [-0.15, -0.1) is 0 Å². The molecule has 0 bridgehead atoms. The molecular formula is C55H34N2Si. The minimum atomic E-state index is -2.59. The summed E-state index contributed by atoms with van der Waals surface area (Å²) in [5, 5.41) is 11.1. The van der Waals surface area contributed by atoms with Crippen molar-refractivity contribution in [3.8, 4) is 44.8 Å². The quantitative estimate of drug-likeness (QED) is 0.156. The fraction of sp³-hybridized carbons (Fsp3) is 0.0182. The summed E-state index contributed by atoms with van der Waals surface area (Å²) in [6.45, 7) is 0. The molecule has 14 rings (SSSR count). The molecule has 268 valence electrons. The molecule has 9 aromatic carbocycles. The van der Waals surface area contributed by atoms with Crippen molar-refractivity contribution in [2.45, 2.75) is 6.42 Å². The van der Waals surface area contributed by atoms with Crippen LogP contribution in [0.4, 0.5) is 0 Å². The van der Waals surface area contributed by atoms with Crippen LogP contribution in [0.3, 0.4) is 0 Å². The van der Waals surface area contributed by atoms with Gasteiger partial charge in [-0.3, -0.25) is 0 Å². The van der Waals surface area contributed by atoms with Gasteiger partial charge in [0, 0.05) is 33.7 Å². The first-order chi connectivity index (χ1) is 28.8. The van der Waals surface area contributed by atoms with E-state index in [4.69, 9.17) is 0 Å². The number of fused-ring (bicyclic) bond motifs is 19. The summed E-state index contributed by atoms with van der Waals surface area (Å²) in [4.78, 5) is 0. The zero-order valence-electron chi connectivity index (χ0n) is 31.6. The van der Waals surface area contributed by atoms with Gasteiger partial charge in [0.05, 0.1) is 27.8 Å². The number of benzene rings is 9. The predicted molar refractivity (Wildman–Crippen MR) is 245 cm³/mol. The van der Waals surface area contributed by atoms with Gasteiger partial charge in [-0.2, -0.15) is 0 Å². The normalized spacial score (nSPS) is 13.9. The lowest BCUT2D eigenvalue weighted by Gasteiger charge is -2.28. The largest absolute Gasteiger partial charge is 0.309 e. The van der Waals surface area contributed by atoms with Crippen molar-refractivity contribution >= 4 is 72.4 Å². The van der Waals surface area contributed by atoms with Gasteiger partial charge in [-0.05, 0) is 108 Å². The zero-order chi connectivity index (χ0) is 37.7. The molecule has 3 aliphatic rings. The van der Waals surface area contributed by atoms with Gasteiger partial charge in [-0.1, -0.05) is 152 Å². The molecule has 0 atom stereocenters. The lowest BCUT2D eigenvalue weighted by Crippen LogP contribution is -2.70. The fourth-order valence-electron chi connectivity index (χ4n) is 11.5. The van der Waals surface area contributed by atoms with Gasteiger partial charge >= 0.3 is 0 Å². The van der Waals surface area contributed by atoms with Crippen LogP contribution in [0, 0.1) is 0 Å². The van der Waals surface area contributed by atoms with Crippen molar-refractivity contribution in [3.63, 3.8) is 0 Å². The third-order valence-electron chi connectivity index (χ3n) is 13.8. The van der Waals surface area contributed by atoms with Crippen LogP contribution in [0.5, 0.6) is 0 Å². The highest BCUT2D eigenvalue weighted by Gasteiger charge is 2.53. The predicted octanol–water partition coefficient (Wildman–Crippen LogP) is 10.8. The van der Waals surface area contributed by atoms with E-state index in [9.17, 15) is 0 Å². The summed E-state index contributed by atoms with van der Waals surface area (Å²) in [6, 6.07) is 73.8. The first kappa shape index (κ1) is 30.9. The second-order valence-electron chi connectivity index (χ2n) is 16.3. The number of hydrogen-bond acceptors (Lipinski definition) is 0. The molecule has 11 aromatic rings. The van der Waals surface area contributed by atoms with E-state index in [0.717, 1.165) is 6.42 Å². The molecule has 0 radical (unpaired) electrons. The van der Waals surface area contributed by atoms with Crippen molar-refractivity contribution in [1.82, 2.24) is 9.13 Å². The van der Waals surface area contributed by atoms with Crippen LogP contribution in [0.1, 0.15) is 11.1 Å². The Bertz CT molecular complexity index is 3550. The van der Waals surface area contributed by atoms with Crippen molar-refractivity contribution in [1.29, 1.82) is 0 Å². The standard InChI is InChI=1S/C55H34N2Si/c1-2-15-36-34(14-1)30-44-37(36)21-13-24-49(44)57-48-23-9-4-17-39(48)46-32-50-45(33-51(46)57)38-16-3-8-22-47(38)56(50)35-28-29-43-42-20-7-12-27-54(42)58(55(43)31-35)52-25-10-5-18-40(52)41-19-6-11-26-53(41)58/h1-29,31-33H,30H2. The number of hydrogen-bond donors (Lipinski definition) is 0. The maximum Gasteiger partial charge on any atom is 0.182 e. The van der Waals surface area contributed by atoms with Crippen LogP contribution < -0.4 is 20.7 Å². The number of rotatable bonds is 2. The van der Waals surface area contributed by atoms with E-state index < -0.39 is 8.07 Å². The van der Waals surface area contributed by atoms with Crippen LogP contribution in [0.2, 0.25) is 0 Å². The molecule has 0 saturated heterocycles. The average molecular weight is 751 g/mol. The van der Waals surface area contributed by atoms with Crippen molar-refractivity contribution < 1.29 is 0 Å². The van der Waals surface area contributed by atoms with Crippen LogP contribution >= 0.6 is 0 Å². The highest BCUT2D eigenvalue weighted by Crippen LogP contribution is 2.44. The molecule has 0 N–H and O–H groups in total. The van der Waals surface area contributed by atoms with E-state index in [1.54, 1.807) is 0 Å². The van der Waals surface area contributed by atoms with E-state index in [0.29, 0.717) is 0 Å². The van der Waals surface area contributed by atoms with Crippen molar-refractivity contribution in [3.05, 3.63) is 205 Å². The summed E-state index contributed by atoms with van der Waals surface area (Å²) in [5.41, 5.74) is 18.5. The van der Waals surface area contributed by atoms with Crippen LogP contribution in [-0.2, 0) is 6.42 Å². The molecule has 1 spiro atoms. The Morgan fingerprint density at radius 2 is 0.828 bits per heavy atom. The summed E-state index contributed by atoms with van der Waals surface area (Å²) >= 11 is 0. The van der Waals surface area contributed by atoms with E-state index in [2.05, 4.69) is 203 Å². The minimum Gasteiger partial charge on any atom is -0.309 e. The Morgan fingerprint density at radius 1 is 0.328 bits per heavy atom. The summed E-state index contributed by atoms with van der Waals surface area (Å²) in [6.07, 6.45) is 0.944. The molecule has 1 aliphatic carbocycles. The monoisotopic (exact) mass is 750 g/mol. The Hall–Kier alpha value is -7.20. The van der Waals surface area contributed by atoms with Crippen molar-refractivity contribution in [2.24, 2.45) is 0 Å². The minimum absolute atomic E-state index is 0.944. The topological polar surface area (TPSA) is 9.86 Å². The van der Waals surface area contributed by atoms with Crippen LogP contribution in [0.15, 0.2) is 194 Å². The van der Waals surface area contributed by atoms with Gasteiger partial charge < -0.3 is 9.13 Å². The Morgan fingerprint density at radius 3 is 1.48 bits per heavy atom. The Labute approximate surface area is 336 Å². The van der Waals surface area contributed by atoms with Crippen LogP contribution in [0.25, 0.3) is 88.4 Å². The third-order valence-corrected chi connectivity index (χ3v) is 18.7. The molecule has 0 unspecified atom stereocenters. The molecule has 3 heteroatoms. The van der Waals surface area contributed by atoms with Crippen LogP contribution in [-0.4, -0.2) is 17.2 Å². The van der Waals surface area contributed by atoms with Gasteiger partial charge in [-0.25, -0.2) is 0 Å². The van der Waals surface area contributed by atoms with Gasteiger partial charge in [0.25, 0.3) is 0 Å². The van der Waals surface area contributed by atoms with E-state index in [-0.39, 0.29) is 0 Å². The molecule has 2 aliphatic heterocycles. The van der Waals surface area contributed by atoms with Gasteiger partial charge in [0.1, 0.15) is 0 Å². The van der Waals surface area contributed by atoms with Crippen molar-refractivity contribution in [2.75, 3.05) is 0 Å².